The van der Waals surface area contributed by atoms with Crippen molar-refractivity contribution < 1.29 is 22.4 Å². The van der Waals surface area contributed by atoms with Crippen molar-refractivity contribution in [3.63, 3.8) is 0 Å². The summed E-state index contributed by atoms with van der Waals surface area (Å²) in [4.78, 5) is 16.2. The first-order valence-electron chi connectivity index (χ1n) is 7.92. The van der Waals surface area contributed by atoms with Crippen molar-refractivity contribution in [3.05, 3.63) is 47.3 Å². The van der Waals surface area contributed by atoms with Crippen LogP contribution in [-0.4, -0.2) is 38.5 Å². The van der Waals surface area contributed by atoms with E-state index in [0.29, 0.717) is 35.4 Å². The highest BCUT2D eigenvalue weighted by Gasteiger charge is 2.21. The molecule has 0 aliphatic carbocycles. The summed E-state index contributed by atoms with van der Waals surface area (Å²) in [5.41, 5.74) is 5.12. The van der Waals surface area contributed by atoms with E-state index in [4.69, 9.17) is 4.84 Å². The second-order valence-corrected chi connectivity index (χ2v) is 8.29. The quantitative estimate of drug-likeness (QED) is 0.842. The molecule has 1 unspecified atom stereocenters. The lowest BCUT2D eigenvalue weighted by atomic mass is 9.99. The third kappa shape index (κ3) is 4.26. The van der Waals surface area contributed by atoms with Crippen LogP contribution < -0.4 is 10.8 Å². The highest BCUT2D eigenvalue weighted by Crippen LogP contribution is 2.28. The zero-order valence-corrected chi connectivity index (χ0v) is 14.5. The van der Waals surface area contributed by atoms with Crippen molar-refractivity contribution in [2.75, 3.05) is 18.1 Å². The number of benzene rings is 1. The van der Waals surface area contributed by atoms with Crippen LogP contribution in [0.5, 0.6) is 0 Å². The van der Waals surface area contributed by atoms with E-state index in [2.05, 4.69) is 10.8 Å². The summed E-state index contributed by atoms with van der Waals surface area (Å²) in [6, 6.07) is 4.80. The van der Waals surface area contributed by atoms with E-state index in [1.807, 2.05) is 0 Å². The summed E-state index contributed by atoms with van der Waals surface area (Å²) in [5, 5.41) is 2.65. The molecule has 0 aromatic heterocycles. The average Bonchev–Trinajstić information content (AvgIpc) is 3.02. The van der Waals surface area contributed by atoms with Gasteiger partial charge >= 0.3 is 0 Å². The topological polar surface area (TPSA) is 84.5 Å². The molecule has 0 saturated heterocycles. The Balaban J connectivity index is 1.76. The predicted molar refractivity (Wildman–Crippen MR) is 92.3 cm³/mol. The zero-order valence-electron chi connectivity index (χ0n) is 13.7. The minimum atomic E-state index is -3.04. The zero-order chi connectivity index (χ0) is 18.0. The van der Waals surface area contributed by atoms with Crippen LogP contribution >= 0.6 is 0 Å². The van der Waals surface area contributed by atoms with E-state index in [9.17, 15) is 17.6 Å². The van der Waals surface area contributed by atoms with Gasteiger partial charge in [-0.1, -0.05) is 18.2 Å². The van der Waals surface area contributed by atoms with Crippen LogP contribution in [0.2, 0.25) is 0 Å². The molecule has 0 radical (unpaired) electrons. The molecule has 0 fully saturated rings. The lowest BCUT2D eigenvalue weighted by Crippen LogP contribution is -2.30. The Hall–Kier alpha value is -2.19. The summed E-state index contributed by atoms with van der Waals surface area (Å²) in [6.07, 6.45) is 3.35. The Labute approximate surface area is 145 Å². The Bertz CT molecular complexity index is 861. The van der Waals surface area contributed by atoms with Gasteiger partial charge in [-0.3, -0.25) is 15.1 Å². The van der Waals surface area contributed by atoms with Gasteiger partial charge < -0.3 is 5.32 Å². The van der Waals surface area contributed by atoms with E-state index in [0.717, 1.165) is 0 Å². The van der Waals surface area contributed by atoms with Crippen LogP contribution in [0, 0.1) is 5.82 Å². The van der Waals surface area contributed by atoms with Crippen molar-refractivity contribution in [2.24, 2.45) is 0 Å². The number of halogens is 1. The summed E-state index contributed by atoms with van der Waals surface area (Å²) < 4.78 is 37.4. The molecule has 6 nitrogen and oxygen atoms in total. The normalized spacial score (nSPS) is 21.9. The second-order valence-electron chi connectivity index (χ2n) is 6.06. The molecule has 2 aliphatic heterocycles. The molecule has 8 heteroatoms. The summed E-state index contributed by atoms with van der Waals surface area (Å²) in [7, 11) is -3.04. The van der Waals surface area contributed by atoms with Gasteiger partial charge in [0, 0.05) is 18.1 Å². The van der Waals surface area contributed by atoms with Gasteiger partial charge in [-0.25, -0.2) is 12.8 Å². The lowest BCUT2D eigenvalue weighted by molar-refractivity contribution is -0.119. The molecule has 0 spiro atoms. The minimum Gasteiger partial charge on any atom is -0.353 e. The molecule has 1 atom stereocenters. The van der Waals surface area contributed by atoms with Gasteiger partial charge in [0.15, 0.2) is 9.84 Å². The number of hydroxylamine groups is 1. The first kappa shape index (κ1) is 17.6. The number of carbonyl (C=O) groups excluding carboxylic acids is 1. The largest absolute Gasteiger partial charge is 0.353 e. The van der Waals surface area contributed by atoms with Gasteiger partial charge in [-0.2, -0.15) is 0 Å². The summed E-state index contributed by atoms with van der Waals surface area (Å²) in [5.74, 6) is -0.556. The van der Waals surface area contributed by atoms with Gasteiger partial charge in [-0.15, -0.1) is 0 Å². The number of allylic oxidation sites excluding steroid dienone is 1. The van der Waals surface area contributed by atoms with E-state index < -0.39 is 15.7 Å². The maximum Gasteiger partial charge on any atom is 0.216 e. The molecule has 2 N–H and O–H groups in total. The third-order valence-electron chi connectivity index (χ3n) is 4.12. The molecule has 1 aromatic carbocycles. The van der Waals surface area contributed by atoms with Gasteiger partial charge in [0.05, 0.1) is 23.7 Å². The SMILES string of the molecule is CC(=O)NCC1C=C(c2ccc(C3=CCS(=O)(=O)CC3)c(F)c2)NO1. The maximum atomic E-state index is 14.5. The van der Waals surface area contributed by atoms with Gasteiger partial charge in [-0.05, 0) is 24.1 Å². The van der Waals surface area contributed by atoms with Crippen LogP contribution in [0.25, 0.3) is 11.3 Å². The molecule has 2 heterocycles. The Morgan fingerprint density at radius 3 is 2.88 bits per heavy atom. The number of hydrogen-bond donors (Lipinski definition) is 2. The van der Waals surface area contributed by atoms with Crippen LogP contribution in [0.3, 0.4) is 0 Å². The predicted octanol–water partition coefficient (Wildman–Crippen LogP) is 1.41. The Kier molecular flexibility index (Phi) is 4.91. The van der Waals surface area contributed by atoms with E-state index in [-0.39, 0.29) is 23.5 Å². The number of amides is 1. The van der Waals surface area contributed by atoms with Crippen LogP contribution in [-0.2, 0) is 19.5 Å². The number of carbonyl (C=O) groups is 1. The van der Waals surface area contributed by atoms with Crippen molar-refractivity contribution in [1.29, 1.82) is 0 Å². The lowest BCUT2D eigenvalue weighted by Gasteiger charge is -2.15. The fourth-order valence-electron chi connectivity index (χ4n) is 2.76. The third-order valence-corrected chi connectivity index (χ3v) is 5.62. The number of hydrogen-bond acceptors (Lipinski definition) is 5. The van der Waals surface area contributed by atoms with E-state index in [1.165, 1.54) is 13.0 Å². The molecule has 2 aliphatic rings. The van der Waals surface area contributed by atoms with Crippen molar-refractivity contribution in [2.45, 2.75) is 19.4 Å². The Morgan fingerprint density at radius 1 is 1.44 bits per heavy atom. The standard InChI is InChI=1S/C17H19FN2O4S/c1-11(21)19-10-14-9-17(20-24-14)13-2-3-15(16(18)8-13)12-4-6-25(22,23)7-5-12/h2-4,8-9,14,20H,5-7,10H2,1H3,(H,19,21). The van der Waals surface area contributed by atoms with Gasteiger partial charge in [0.2, 0.25) is 5.91 Å². The Morgan fingerprint density at radius 2 is 2.24 bits per heavy atom. The molecule has 25 heavy (non-hydrogen) atoms. The van der Waals surface area contributed by atoms with Crippen molar-refractivity contribution in [3.8, 4) is 0 Å². The van der Waals surface area contributed by atoms with Gasteiger partial charge in [0.1, 0.15) is 11.9 Å². The molecule has 0 saturated carbocycles. The van der Waals surface area contributed by atoms with Crippen LogP contribution in [0.4, 0.5) is 4.39 Å². The maximum absolute atomic E-state index is 14.5. The van der Waals surface area contributed by atoms with Crippen LogP contribution in [0.15, 0.2) is 30.4 Å². The van der Waals surface area contributed by atoms with E-state index >= 15 is 0 Å². The van der Waals surface area contributed by atoms with Crippen LogP contribution in [0.1, 0.15) is 24.5 Å². The first-order chi connectivity index (χ1) is 11.8. The first-order valence-corrected chi connectivity index (χ1v) is 9.74. The average molecular weight is 366 g/mol. The highest BCUT2D eigenvalue weighted by atomic mass is 32.2. The monoisotopic (exact) mass is 366 g/mol. The number of rotatable bonds is 4. The fraction of sp³-hybridized carbons (Fsp3) is 0.353. The van der Waals surface area contributed by atoms with E-state index in [1.54, 1.807) is 24.3 Å². The minimum absolute atomic E-state index is 0.0467. The molecular formula is C17H19FN2O4S. The highest BCUT2D eigenvalue weighted by molar-refractivity contribution is 7.91. The number of nitrogens with one attached hydrogen (secondary N) is 2. The van der Waals surface area contributed by atoms with Crippen molar-refractivity contribution >= 4 is 27.0 Å². The molecular weight excluding hydrogens is 347 g/mol. The summed E-state index contributed by atoms with van der Waals surface area (Å²) >= 11 is 0. The molecule has 134 valence electrons. The summed E-state index contributed by atoms with van der Waals surface area (Å²) in [6.45, 7) is 1.75. The molecule has 3 rings (SSSR count). The number of sulfone groups is 1. The second kappa shape index (κ2) is 6.97. The smallest absolute Gasteiger partial charge is 0.216 e. The fourth-order valence-corrected chi connectivity index (χ4v) is 3.91. The van der Waals surface area contributed by atoms with Crippen molar-refractivity contribution in [1.82, 2.24) is 10.8 Å². The molecule has 1 amide bonds. The van der Waals surface area contributed by atoms with Gasteiger partial charge in [0.25, 0.3) is 0 Å². The molecule has 1 aromatic rings. The molecule has 0 bridgehead atoms.